The second kappa shape index (κ2) is 7.42. The molecular formula is C17H18F3N3O. The van der Waals surface area contributed by atoms with E-state index in [1.54, 1.807) is 19.9 Å². The van der Waals surface area contributed by atoms with Crippen LogP contribution in [0.15, 0.2) is 42.9 Å². The van der Waals surface area contributed by atoms with Crippen LogP contribution in [0.1, 0.15) is 35.5 Å². The van der Waals surface area contributed by atoms with Gasteiger partial charge in [0.25, 0.3) is 5.91 Å². The highest BCUT2D eigenvalue weighted by molar-refractivity contribution is 5.92. The van der Waals surface area contributed by atoms with E-state index in [0.717, 1.165) is 6.07 Å². The maximum Gasteiger partial charge on any atom is 0.416 e. The molecule has 0 saturated carbocycles. The summed E-state index contributed by atoms with van der Waals surface area (Å²) in [4.78, 5) is 21.8. The number of amides is 1. The van der Waals surface area contributed by atoms with Gasteiger partial charge in [-0.15, -0.1) is 0 Å². The Bertz CT molecular complexity index is 689. The van der Waals surface area contributed by atoms with Crippen molar-refractivity contribution in [3.63, 3.8) is 0 Å². The minimum absolute atomic E-state index is 0.107. The van der Waals surface area contributed by atoms with Gasteiger partial charge in [0, 0.05) is 25.0 Å². The molecule has 2 rings (SSSR count). The van der Waals surface area contributed by atoms with Crippen LogP contribution in [0, 0.1) is 0 Å². The first-order valence-electron chi connectivity index (χ1n) is 7.56. The molecule has 0 aliphatic heterocycles. The average Bonchev–Trinajstić information content (AvgIpc) is 2.55. The highest BCUT2D eigenvalue weighted by atomic mass is 19.4. The Morgan fingerprint density at radius 2 is 1.96 bits per heavy atom. The fraction of sp³-hybridized carbons (Fsp3) is 0.353. The second-order valence-corrected chi connectivity index (χ2v) is 5.39. The fourth-order valence-corrected chi connectivity index (χ4v) is 2.62. The molecule has 0 bridgehead atoms. The van der Waals surface area contributed by atoms with Crippen molar-refractivity contribution in [1.29, 1.82) is 0 Å². The van der Waals surface area contributed by atoms with Gasteiger partial charge >= 0.3 is 6.18 Å². The first-order chi connectivity index (χ1) is 11.3. The van der Waals surface area contributed by atoms with Crippen LogP contribution in [0.3, 0.4) is 0 Å². The lowest BCUT2D eigenvalue weighted by Gasteiger charge is -2.28. The Balaban J connectivity index is 2.22. The fourth-order valence-electron chi connectivity index (χ4n) is 2.62. The van der Waals surface area contributed by atoms with Crippen LogP contribution in [-0.2, 0) is 12.6 Å². The average molecular weight is 337 g/mol. The standard InChI is InChI=1S/C17H18F3N3O/c1-3-23(16(24)15-11-21-8-9-22-15)12(2)10-13-6-4-5-7-14(13)17(18,19)20/h4-9,11-12H,3,10H2,1-2H3/t12-/m0/s1. The topological polar surface area (TPSA) is 46.1 Å². The molecule has 7 heteroatoms. The molecule has 1 atom stereocenters. The summed E-state index contributed by atoms with van der Waals surface area (Å²) in [5.41, 5.74) is -0.321. The summed E-state index contributed by atoms with van der Waals surface area (Å²) in [6.07, 6.45) is -0.0973. The van der Waals surface area contributed by atoms with Crippen molar-refractivity contribution in [1.82, 2.24) is 14.9 Å². The van der Waals surface area contributed by atoms with E-state index in [1.165, 1.54) is 35.6 Å². The van der Waals surface area contributed by atoms with E-state index in [9.17, 15) is 18.0 Å². The number of carbonyl (C=O) groups is 1. The molecule has 128 valence electrons. The monoisotopic (exact) mass is 337 g/mol. The quantitative estimate of drug-likeness (QED) is 0.838. The SMILES string of the molecule is CCN(C(=O)c1cnccn1)[C@@H](C)Cc1ccccc1C(F)(F)F. The second-order valence-electron chi connectivity index (χ2n) is 5.39. The summed E-state index contributed by atoms with van der Waals surface area (Å²) < 4.78 is 39.3. The van der Waals surface area contributed by atoms with Crippen molar-refractivity contribution >= 4 is 5.91 Å². The summed E-state index contributed by atoms with van der Waals surface area (Å²) in [5, 5.41) is 0. The molecule has 1 aromatic heterocycles. The highest BCUT2D eigenvalue weighted by Crippen LogP contribution is 2.32. The molecule has 0 unspecified atom stereocenters. The number of hydrogen-bond acceptors (Lipinski definition) is 3. The first kappa shape index (κ1) is 17.9. The van der Waals surface area contributed by atoms with Gasteiger partial charge in [-0.3, -0.25) is 9.78 Å². The Hall–Kier alpha value is -2.44. The zero-order valence-electron chi connectivity index (χ0n) is 13.4. The number of nitrogens with zero attached hydrogens (tertiary/aromatic N) is 3. The van der Waals surface area contributed by atoms with Gasteiger partial charge in [0.05, 0.1) is 11.8 Å². The summed E-state index contributed by atoms with van der Waals surface area (Å²) in [6.45, 7) is 3.87. The van der Waals surface area contributed by atoms with Crippen molar-refractivity contribution in [2.75, 3.05) is 6.54 Å². The Morgan fingerprint density at radius 1 is 1.25 bits per heavy atom. The lowest BCUT2D eigenvalue weighted by Crippen LogP contribution is -2.40. The van der Waals surface area contributed by atoms with Gasteiger partial charge < -0.3 is 4.90 Å². The molecule has 0 aliphatic carbocycles. The summed E-state index contributed by atoms with van der Waals surface area (Å²) in [5.74, 6) is -0.345. The van der Waals surface area contributed by atoms with Gasteiger partial charge in [-0.05, 0) is 31.9 Å². The molecule has 1 heterocycles. The van der Waals surface area contributed by atoms with Crippen molar-refractivity contribution in [3.05, 3.63) is 59.7 Å². The van der Waals surface area contributed by atoms with Crippen molar-refractivity contribution in [3.8, 4) is 0 Å². The van der Waals surface area contributed by atoms with Crippen LogP contribution >= 0.6 is 0 Å². The largest absolute Gasteiger partial charge is 0.416 e. The van der Waals surface area contributed by atoms with Crippen LogP contribution < -0.4 is 0 Å². The predicted octanol–water partition coefficient (Wildman–Crippen LogP) is 3.59. The van der Waals surface area contributed by atoms with E-state index in [-0.39, 0.29) is 23.6 Å². The number of benzene rings is 1. The minimum Gasteiger partial charge on any atom is -0.335 e. The first-order valence-corrected chi connectivity index (χ1v) is 7.56. The third-order valence-corrected chi connectivity index (χ3v) is 3.75. The number of carbonyl (C=O) groups excluding carboxylic acids is 1. The van der Waals surface area contributed by atoms with Crippen LogP contribution in [0.25, 0.3) is 0 Å². The summed E-state index contributed by atoms with van der Waals surface area (Å²) >= 11 is 0. The number of rotatable bonds is 5. The molecule has 1 aromatic carbocycles. The van der Waals surface area contributed by atoms with Crippen LogP contribution in [0.4, 0.5) is 13.2 Å². The molecule has 0 radical (unpaired) electrons. The molecule has 4 nitrogen and oxygen atoms in total. The summed E-state index contributed by atoms with van der Waals surface area (Å²) in [7, 11) is 0. The maximum absolute atomic E-state index is 13.1. The zero-order valence-corrected chi connectivity index (χ0v) is 13.4. The Kier molecular flexibility index (Phi) is 5.54. The number of halogens is 3. The molecule has 2 aromatic rings. The Labute approximate surface area is 138 Å². The molecule has 0 spiro atoms. The van der Waals surface area contributed by atoms with Crippen LogP contribution in [0.5, 0.6) is 0 Å². The van der Waals surface area contributed by atoms with Crippen molar-refractivity contribution < 1.29 is 18.0 Å². The highest BCUT2D eigenvalue weighted by Gasteiger charge is 2.33. The predicted molar refractivity (Wildman–Crippen MR) is 83.4 cm³/mol. The van der Waals surface area contributed by atoms with Crippen molar-refractivity contribution in [2.24, 2.45) is 0 Å². The van der Waals surface area contributed by atoms with Gasteiger partial charge in [0.15, 0.2) is 0 Å². The van der Waals surface area contributed by atoms with E-state index in [0.29, 0.717) is 6.54 Å². The number of alkyl halides is 3. The van der Waals surface area contributed by atoms with E-state index >= 15 is 0 Å². The normalized spacial score (nSPS) is 12.7. The third kappa shape index (κ3) is 4.10. The minimum atomic E-state index is -4.41. The van der Waals surface area contributed by atoms with Gasteiger partial charge in [0.1, 0.15) is 5.69 Å². The zero-order chi connectivity index (χ0) is 17.7. The Morgan fingerprint density at radius 3 is 2.54 bits per heavy atom. The van der Waals surface area contributed by atoms with Gasteiger partial charge in [-0.2, -0.15) is 13.2 Å². The van der Waals surface area contributed by atoms with E-state index in [4.69, 9.17) is 0 Å². The maximum atomic E-state index is 13.1. The number of aromatic nitrogens is 2. The molecule has 24 heavy (non-hydrogen) atoms. The van der Waals surface area contributed by atoms with E-state index in [1.807, 2.05) is 0 Å². The lowest BCUT2D eigenvalue weighted by atomic mass is 9.99. The molecule has 0 N–H and O–H groups in total. The molecule has 0 aliphatic rings. The van der Waals surface area contributed by atoms with Gasteiger partial charge in [0.2, 0.25) is 0 Å². The van der Waals surface area contributed by atoms with E-state index in [2.05, 4.69) is 9.97 Å². The third-order valence-electron chi connectivity index (χ3n) is 3.75. The van der Waals surface area contributed by atoms with Gasteiger partial charge in [-0.25, -0.2) is 4.98 Å². The summed E-state index contributed by atoms with van der Waals surface area (Å²) in [6, 6.07) is 5.02. The number of likely N-dealkylation sites (N-methyl/N-ethyl adjacent to an activating group) is 1. The smallest absolute Gasteiger partial charge is 0.335 e. The van der Waals surface area contributed by atoms with Gasteiger partial charge in [-0.1, -0.05) is 18.2 Å². The van der Waals surface area contributed by atoms with E-state index < -0.39 is 17.8 Å². The number of hydrogen-bond donors (Lipinski definition) is 0. The molecule has 0 fully saturated rings. The van der Waals surface area contributed by atoms with Crippen LogP contribution in [0.2, 0.25) is 0 Å². The molecule has 1 amide bonds. The molecule has 0 saturated heterocycles. The molecular weight excluding hydrogens is 319 g/mol. The van der Waals surface area contributed by atoms with Crippen LogP contribution in [-0.4, -0.2) is 33.4 Å². The van der Waals surface area contributed by atoms with Crippen molar-refractivity contribution in [2.45, 2.75) is 32.5 Å². The lowest BCUT2D eigenvalue weighted by molar-refractivity contribution is -0.138.